The van der Waals surface area contributed by atoms with Gasteiger partial charge in [-0.05, 0) is 48.2 Å². The summed E-state index contributed by atoms with van der Waals surface area (Å²) in [5, 5.41) is 8.53. The van der Waals surface area contributed by atoms with Crippen LogP contribution in [0, 0.1) is 17.8 Å². The number of alkyl carbamates (subject to hydrolysis) is 1. The molecule has 1 heterocycles. The lowest BCUT2D eigenvalue weighted by Crippen LogP contribution is -2.55. The fourth-order valence-corrected chi connectivity index (χ4v) is 4.22. The molecule has 1 aliphatic heterocycles. The maximum Gasteiger partial charge on any atom is 0.408 e. The van der Waals surface area contributed by atoms with E-state index in [1.54, 1.807) is 0 Å². The second-order valence-electron chi connectivity index (χ2n) is 11.1. The van der Waals surface area contributed by atoms with E-state index >= 15 is 0 Å². The minimum absolute atomic E-state index is 0.0837. The summed E-state index contributed by atoms with van der Waals surface area (Å²) in [5.41, 5.74) is 1.55. The van der Waals surface area contributed by atoms with Gasteiger partial charge in [-0.25, -0.2) is 9.59 Å². The number of rotatable bonds is 14. The van der Waals surface area contributed by atoms with Gasteiger partial charge in [0.2, 0.25) is 11.8 Å². The summed E-state index contributed by atoms with van der Waals surface area (Å²) in [5.74, 6) is -0.714. The van der Waals surface area contributed by atoms with Gasteiger partial charge in [0.05, 0.1) is 6.04 Å². The molecule has 2 rings (SSSR count). The zero-order valence-corrected chi connectivity index (χ0v) is 23.4. The van der Waals surface area contributed by atoms with Crippen LogP contribution in [0.4, 0.5) is 4.79 Å². The highest BCUT2D eigenvalue weighted by Crippen LogP contribution is 2.18. The minimum atomic E-state index is -0.865. The molecule has 0 aromatic heterocycles. The Morgan fingerprint density at radius 2 is 1.37 bits per heavy atom. The third-order valence-corrected chi connectivity index (χ3v) is 6.02. The Bertz CT molecular complexity index is 974. The van der Waals surface area contributed by atoms with Gasteiger partial charge in [-0.2, -0.15) is 0 Å². The van der Waals surface area contributed by atoms with Crippen LogP contribution in [0.5, 0.6) is 0 Å². The maximum absolute atomic E-state index is 13.4. The smallest absolute Gasteiger partial charge is 0.408 e. The van der Waals surface area contributed by atoms with Crippen LogP contribution in [0.1, 0.15) is 66.4 Å². The number of benzene rings is 1. The van der Waals surface area contributed by atoms with Crippen LogP contribution in [0.25, 0.3) is 0 Å². The van der Waals surface area contributed by atoms with E-state index in [1.165, 1.54) is 6.08 Å². The molecule has 0 bridgehead atoms. The highest BCUT2D eigenvalue weighted by Gasteiger charge is 2.31. The van der Waals surface area contributed by atoms with Crippen molar-refractivity contribution < 1.29 is 28.7 Å². The molecule has 210 valence electrons. The number of carbonyl (C=O) groups is 4. The number of esters is 1. The van der Waals surface area contributed by atoms with Crippen LogP contribution < -0.4 is 16.0 Å². The minimum Gasteiger partial charge on any atom is -0.458 e. The maximum atomic E-state index is 13.4. The van der Waals surface area contributed by atoms with Gasteiger partial charge in [0.1, 0.15) is 25.3 Å². The van der Waals surface area contributed by atoms with E-state index < -0.39 is 30.1 Å². The third kappa shape index (κ3) is 10.9. The summed E-state index contributed by atoms with van der Waals surface area (Å²) in [6.45, 7) is 12.1. The molecule has 0 spiro atoms. The van der Waals surface area contributed by atoms with E-state index in [0.29, 0.717) is 24.8 Å². The number of hydrogen-bond donors (Lipinski definition) is 3. The molecule has 1 aromatic carbocycles. The van der Waals surface area contributed by atoms with Crippen molar-refractivity contribution in [3.63, 3.8) is 0 Å². The molecule has 0 radical (unpaired) electrons. The van der Waals surface area contributed by atoms with Gasteiger partial charge >= 0.3 is 12.1 Å². The average molecular weight is 530 g/mol. The second kappa shape index (κ2) is 15.1. The van der Waals surface area contributed by atoms with Crippen molar-refractivity contribution in [2.24, 2.45) is 17.8 Å². The van der Waals surface area contributed by atoms with Crippen molar-refractivity contribution in [2.75, 3.05) is 6.61 Å². The van der Waals surface area contributed by atoms with Crippen molar-refractivity contribution in [3.05, 3.63) is 47.5 Å². The fraction of sp³-hybridized carbons (Fsp3) is 0.586. The van der Waals surface area contributed by atoms with Gasteiger partial charge < -0.3 is 25.4 Å². The molecule has 0 saturated carbocycles. The summed E-state index contributed by atoms with van der Waals surface area (Å²) >= 11 is 0. The lowest BCUT2D eigenvalue weighted by Gasteiger charge is -2.27. The monoisotopic (exact) mass is 529 g/mol. The number of cyclic esters (lactones) is 1. The normalized spacial score (nSPS) is 15.5. The number of hydrogen-bond acceptors (Lipinski definition) is 6. The Balaban J connectivity index is 2.09. The van der Waals surface area contributed by atoms with Crippen molar-refractivity contribution >= 4 is 23.9 Å². The van der Waals surface area contributed by atoms with E-state index in [-0.39, 0.29) is 42.9 Å². The Hall–Kier alpha value is -3.36. The lowest BCUT2D eigenvalue weighted by molar-refractivity contribution is -0.135. The number of nitrogens with one attached hydrogen (secondary N) is 3. The quantitative estimate of drug-likeness (QED) is 0.315. The van der Waals surface area contributed by atoms with E-state index in [9.17, 15) is 19.2 Å². The summed E-state index contributed by atoms with van der Waals surface area (Å²) in [7, 11) is 0. The van der Waals surface area contributed by atoms with Crippen molar-refractivity contribution in [1.29, 1.82) is 0 Å². The van der Waals surface area contributed by atoms with Crippen molar-refractivity contribution in [1.82, 2.24) is 16.0 Å². The van der Waals surface area contributed by atoms with E-state index in [0.717, 1.165) is 5.56 Å². The predicted octanol–water partition coefficient (Wildman–Crippen LogP) is 3.87. The highest BCUT2D eigenvalue weighted by molar-refractivity contribution is 5.92. The standard InChI is InChI=1S/C29H43N3O6/c1-18(2)12-23(22-15-26(33)37-17-22)30-27(34)24(13-19(3)4)31-28(35)25(14-20(5)6)32-29(36)38-16-21-10-8-7-9-11-21/h7-11,15,18-20,23-25H,12-14,16-17H2,1-6H3,(H,30,34)(H,31,35)(H,32,36)/t23-,24-,25-/m0/s1. The molecule has 0 fully saturated rings. The van der Waals surface area contributed by atoms with Gasteiger partial charge in [-0.15, -0.1) is 0 Å². The van der Waals surface area contributed by atoms with Gasteiger partial charge in [-0.1, -0.05) is 71.9 Å². The van der Waals surface area contributed by atoms with Gasteiger partial charge in [0.15, 0.2) is 0 Å². The molecule has 9 heteroatoms. The van der Waals surface area contributed by atoms with Crippen LogP contribution in [0.3, 0.4) is 0 Å². The molecule has 1 aliphatic rings. The molecule has 0 unspecified atom stereocenters. The molecule has 3 N–H and O–H groups in total. The van der Waals surface area contributed by atoms with E-state index in [2.05, 4.69) is 16.0 Å². The first-order valence-electron chi connectivity index (χ1n) is 13.4. The molecule has 1 aromatic rings. The summed E-state index contributed by atoms with van der Waals surface area (Å²) < 4.78 is 10.4. The molecule has 3 atom stereocenters. The summed E-state index contributed by atoms with van der Waals surface area (Å²) in [6.07, 6.45) is 2.14. The lowest BCUT2D eigenvalue weighted by atomic mass is 9.96. The second-order valence-corrected chi connectivity index (χ2v) is 11.1. The molecule has 9 nitrogen and oxygen atoms in total. The molecule has 38 heavy (non-hydrogen) atoms. The van der Waals surface area contributed by atoms with Gasteiger partial charge in [-0.3, -0.25) is 9.59 Å². The first-order chi connectivity index (χ1) is 17.9. The molecule has 3 amide bonds. The Morgan fingerprint density at radius 3 is 1.89 bits per heavy atom. The molecular formula is C29H43N3O6. The fourth-order valence-electron chi connectivity index (χ4n) is 4.22. The third-order valence-electron chi connectivity index (χ3n) is 6.02. The zero-order valence-electron chi connectivity index (χ0n) is 23.4. The van der Waals surface area contributed by atoms with Gasteiger partial charge in [0.25, 0.3) is 0 Å². The molecule has 0 saturated heterocycles. The van der Waals surface area contributed by atoms with E-state index in [4.69, 9.17) is 9.47 Å². The summed E-state index contributed by atoms with van der Waals surface area (Å²) in [4.78, 5) is 50.8. The topological polar surface area (TPSA) is 123 Å². The Morgan fingerprint density at radius 1 is 0.816 bits per heavy atom. The Kier molecular flexibility index (Phi) is 12.3. The number of carbonyl (C=O) groups excluding carboxylic acids is 4. The van der Waals surface area contributed by atoms with Crippen LogP contribution in [-0.4, -0.2) is 48.6 Å². The first kappa shape index (κ1) is 30.9. The van der Waals surface area contributed by atoms with Gasteiger partial charge in [0, 0.05) is 6.08 Å². The Labute approximate surface area is 226 Å². The van der Waals surface area contributed by atoms with Crippen LogP contribution in [0.15, 0.2) is 42.0 Å². The number of ether oxygens (including phenoxy) is 2. The largest absolute Gasteiger partial charge is 0.458 e. The molecule has 0 aliphatic carbocycles. The van der Waals surface area contributed by atoms with Crippen LogP contribution >= 0.6 is 0 Å². The number of amides is 3. The van der Waals surface area contributed by atoms with Crippen molar-refractivity contribution in [3.8, 4) is 0 Å². The SMILES string of the molecule is CC(C)C[C@H](NC(=O)OCc1ccccc1)C(=O)N[C@@H](CC(C)C)C(=O)N[C@@H](CC(C)C)C1=CC(=O)OC1. The first-order valence-corrected chi connectivity index (χ1v) is 13.4. The highest BCUT2D eigenvalue weighted by atomic mass is 16.5. The van der Waals surface area contributed by atoms with Crippen LogP contribution in [0.2, 0.25) is 0 Å². The van der Waals surface area contributed by atoms with Crippen molar-refractivity contribution in [2.45, 2.75) is 85.5 Å². The molecular weight excluding hydrogens is 486 g/mol. The van der Waals surface area contributed by atoms with E-state index in [1.807, 2.05) is 71.9 Å². The predicted molar refractivity (Wildman–Crippen MR) is 145 cm³/mol. The average Bonchev–Trinajstić information content (AvgIpc) is 3.27. The summed E-state index contributed by atoms with van der Waals surface area (Å²) in [6, 6.07) is 7.21. The van der Waals surface area contributed by atoms with Crippen LogP contribution in [-0.2, 0) is 30.5 Å². The zero-order chi connectivity index (χ0) is 28.2.